The maximum Gasteiger partial charge on any atom is 0.237 e. The van der Waals surface area contributed by atoms with E-state index in [0.717, 1.165) is 27.4 Å². The van der Waals surface area contributed by atoms with E-state index in [4.69, 9.17) is 4.52 Å². The molecule has 0 aliphatic rings. The average molecular weight is 388 g/mol. The maximum atomic E-state index is 5.38. The van der Waals surface area contributed by atoms with E-state index in [-0.39, 0.29) is 0 Å². The van der Waals surface area contributed by atoms with Crippen molar-refractivity contribution in [1.29, 1.82) is 0 Å². The topological polar surface area (TPSA) is 64.7 Å². The van der Waals surface area contributed by atoms with Gasteiger partial charge in [0.05, 0.1) is 11.4 Å². The molecule has 0 atom stereocenters. The Labute approximate surface area is 168 Å². The van der Waals surface area contributed by atoms with E-state index in [0.29, 0.717) is 17.5 Å². The fourth-order valence-corrected chi connectivity index (χ4v) is 3.49. The Morgan fingerprint density at radius 1 is 0.857 bits per heavy atom. The largest absolute Gasteiger partial charge is 0.338 e. The fraction of sp³-hybridized carbons (Fsp3) is 0.182. The van der Waals surface area contributed by atoms with E-state index in [1.807, 2.05) is 43.3 Å². The van der Waals surface area contributed by atoms with Crippen LogP contribution in [0.2, 0.25) is 0 Å². The fourth-order valence-electron chi connectivity index (χ4n) is 2.83. The van der Waals surface area contributed by atoms with Gasteiger partial charge in [-0.15, -0.1) is 10.2 Å². The summed E-state index contributed by atoms with van der Waals surface area (Å²) in [4.78, 5) is 4.49. The minimum absolute atomic E-state index is 0.552. The summed E-state index contributed by atoms with van der Waals surface area (Å²) in [6.45, 7) is 6.24. The molecule has 0 radical (unpaired) electrons. The van der Waals surface area contributed by atoms with Crippen LogP contribution in [-0.2, 0) is 5.75 Å². The molecule has 28 heavy (non-hydrogen) atoms. The highest BCUT2D eigenvalue weighted by atomic mass is 32.2. The van der Waals surface area contributed by atoms with Gasteiger partial charge in [0.1, 0.15) is 5.03 Å². The molecular weight excluding hydrogens is 368 g/mol. The third-order valence-electron chi connectivity index (χ3n) is 4.64. The zero-order valence-electron chi connectivity index (χ0n) is 16.0. The third-order valence-corrected chi connectivity index (χ3v) is 5.55. The molecular formula is C22H20N4OS. The van der Waals surface area contributed by atoms with Gasteiger partial charge in [-0.25, -0.2) is 0 Å². The summed E-state index contributed by atoms with van der Waals surface area (Å²) in [5.41, 5.74) is 6.57. The van der Waals surface area contributed by atoms with E-state index in [1.165, 1.54) is 22.9 Å². The number of rotatable bonds is 5. The van der Waals surface area contributed by atoms with Gasteiger partial charge in [-0.3, -0.25) is 0 Å². The molecule has 5 nitrogen and oxygen atoms in total. The van der Waals surface area contributed by atoms with Crippen molar-refractivity contribution in [1.82, 2.24) is 20.3 Å². The summed E-state index contributed by atoms with van der Waals surface area (Å²) in [6, 6.07) is 18.3. The van der Waals surface area contributed by atoms with Crippen LogP contribution in [0.5, 0.6) is 0 Å². The predicted octanol–water partition coefficient (Wildman–Crippen LogP) is 5.41. The molecule has 0 saturated carbocycles. The van der Waals surface area contributed by atoms with Crippen LogP contribution in [0.4, 0.5) is 0 Å². The maximum absolute atomic E-state index is 5.38. The van der Waals surface area contributed by atoms with Crippen molar-refractivity contribution in [3.05, 3.63) is 77.2 Å². The Kier molecular flexibility index (Phi) is 5.21. The number of nitrogens with zero attached hydrogens (tertiary/aromatic N) is 4. The van der Waals surface area contributed by atoms with Crippen LogP contribution < -0.4 is 0 Å². The molecule has 6 heteroatoms. The van der Waals surface area contributed by atoms with E-state index < -0.39 is 0 Å². The van der Waals surface area contributed by atoms with Crippen LogP contribution >= 0.6 is 11.8 Å². The van der Waals surface area contributed by atoms with E-state index >= 15 is 0 Å². The van der Waals surface area contributed by atoms with Crippen molar-refractivity contribution in [3.8, 4) is 22.6 Å². The Morgan fingerprint density at radius 2 is 1.71 bits per heavy atom. The molecule has 2 aromatic heterocycles. The van der Waals surface area contributed by atoms with Crippen LogP contribution in [0.1, 0.15) is 22.6 Å². The van der Waals surface area contributed by atoms with Gasteiger partial charge in [0.25, 0.3) is 0 Å². The summed E-state index contributed by atoms with van der Waals surface area (Å²) in [7, 11) is 0. The highest BCUT2D eigenvalue weighted by Gasteiger charge is 2.11. The minimum Gasteiger partial charge on any atom is -0.338 e. The molecule has 0 unspecified atom stereocenters. The number of aryl methyl sites for hydroxylation is 3. The second kappa shape index (κ2) is 7.94. The Bertz CT molecular complexity index is 1110. The van der Waals surface area contributed by atoms with Crippen LogP contribution in [-0.4, -0.2) is 20.3 Å². The summed E-state index contributed by atoms with van der Waals surface area (Å²) in [5, 5.41) is 13.6. The van der Waals surface area contributed by atoms with Crippen molar-refractivity contribution in [2.45, 2.75) is 31.6 Å². The first-order valence-corrected chi connectivity index (χ1v) is 10.0. The first-order chi connectivity index (χ1) is 13.6. The van der Waals surface area contributed by atoms with Gasteiger partial charge in [-0.2, -0.15) is 4.98 Å². The summed E-state index contributed by atoms with van der Waals surface area (Å²) in [6.07, 6.45) is 0. The van der Waals surface area contributed by atoms with E-state index in [9.17, 15) is 0 Å². The van der Waals surface area contributed by atoms with Gasteiger partial charge in [0, 0.05) is 11.1 Å². The van der Waals surface area contributed by atoms with Crippen molar-refractivity contribution in [3.63, 3.8) is 0 Å². The van der Waals surface area contributed by atoms with Gasteiger partial charge < -0.3 is 4.52 Å². The quantitative estimate of drug-likeness (QED) is 0.426. The summed E-state index contributed by atoms with van der Waals surface area (Å²) >= 11 is 1.53. The predicted molar refractivity (Wildman–Crippen MR) is 111 cm³/mol. The highest BCUT2D eigenvalue weighted by molar-refractivity contribution is 7.98. The molecule has 2 heterocycles. The molecule has 0 spiro atoms. The number of hydrogen-bond acceptors (Lipinski definition) is 6. The molecule has 4 aromatic rings. The second-order valence-electron chi connectivity index (χ2n) is 6.67. The summed E-state index contributed by atoms with van der Waals surface area (Å²) in [5.74, 6) is 1.74. The van der Waals surface area contributed by atoms with Crippen LogP contribution in [0.15, 0.2) is 64.1 Å². The molecule has 0 N–H and O–H groups in total. The van der Waals surface area contributed by atoms with Gasteiger partial charge in [0.2, 0.25) is 11.7 Å². The Hall–Kier alpha value is -2.99. The lowest BCUT2D eigenvalue weighted by Crippen LogP contribution is -1.91. The standard InChI is InChI=1S/C22H20N4OS/c1-14-8-9-17(12-16(14)3)19-10-11-21(25-24-19)28-13-20-23-22(26-27-20)18-7-5-4-6-15(18)2/h4-12H,13H2,1-3H3. The SMILES string of the molecule is Cc1ccc(-c2ccc(SCc3nc(-c4ccccc4C)no3)nn2)cc1C. The molecule has 0 bridgehead atoms. The second-order valence-corrected chi connectivity index (χ2v) is 7.67. The van der Waals surface area contributed by atoms with Crippen molar-refractivity contribution in [2.75, 3.05) is 0 Å². The lowest BCUT2D eigenvalue weighted by atomic mass is 10.0. The number of benzene rings is 2. The van der Waals surface area contributed by atoms with Gasteiger partial charge in [-0.05, 0) is 55.7 Å². The number of aromatic nitrogens is 4. The molecule has 2 aromatic carbocycles. The Morgan fingerprint density at radius 3 is 2.46 bits per heavy atom. The van der Waals surface area contributed by atoms with Gasteiger partial charge >= 0.3 is 0 Å². The molecule has 0 saturated heterocycles. The van der Waals surface area contributed by atoms with E-state index in [1.54, 1.807) is 0 Å². The molecule has 0 fully saturated rings. The van der Waals surface area contributed by atoms with Crippen LogP contribution in [0.25, 0.3) is 22.6 Å². The summed E-state index contributed by atoms with van der Waals surface area (Å²) < 4.78 is 5.38. The first-order valence-electron chi connectivity index (χ1n) is 9.03. The van der Waals surface area contributed by atoms with Gasteiger partial charge in [0.15, 0.2) is 0 Å². The number of thioether (sulfide) groups is 1. The van der Waals surface area contributed by atoms with Gasteiger partial charge in [-0.1, -0.05) is 53.3 Å². The van der Waals surface area contributed by atoms with E-state index in [2.05, 4.69) is 52.4 Å². The molecule has 0 aliphatic heterocycles. The Balaban J connectivity index is 1.43. The third kappa shape index (κ3) is 3.97. The van der Waals surface area contributed by atoms with Crippen molar-refractivity contribution < 1.29 is 4.52 Å². The molecule has 0 amide bonds. The normalized spacial score (nSPS) is 11.0. The first kappa shape index (κ1) is 18.4. The minimum atomic E-state index is 0.552. The van der Waals surface area contributed by atoms with Crippen molar-refractivity contribution >= 4 is 11.8 Å². The van der Waals surface area contributed by atoms with Crippen molar-refractivity contribution in [2.24, 2.45) is 0 Å². The molecule has 4 rings (SSSR count). The number of hydrogen-bond donors (Lipinski definition) is 0. The monoisotopic (exact) mass is 388 g/mol. The zero-order chi connectivity index (χ0) is 19.5. The van der Waals surface area contributed by atoms with Crippen LogP contribution in [0, 0.1) is 20.8 Å². The van der Waals surface area contributed by atoms with Crippen LogP contribution in [0.3, 0.4) is 0 Å². The zero-order valence-corrected chi connectivity index (χ0v) is 16.8. The lowest BCUT2D eigenvalue weighted by molar-refractivity contribution is 0.391. The smallest absolute Gasteiger partial charge is 0.237 e. The highest BCUT2D eigenvalue weighted by Crippen LogP contribution is 2.25. The molecule has 0 aliphatic carbocycles. The lowest BCUT2D eigenvalue weighted by Gasteiger charge is -2.05. The average Bonchev–Trinajstić information content (AvgIpc) is 3.18. The molecule has 140 valence electrons.